The first-order valence-corrected chi connectivity index (χ1v) is 6.37. The molecule has 1 aromatic rings. The maximum Gasteiger partial charge on any atom is -0.0213 e. The molecule has 0 atom stereocenters. The van der Waals surface area contributed by atoms with Crippen molar-refractivity contribution in [1.82, 2.24) is 0 Å². The normalized spacial score (nSPS) is 23.0. The van der Waals surface area contributed by atoms with Gasteiger partial charge in [0.25, 0.3) is 0 Å². The second kappa shape index (κ2) is 3.37. The number of benzene rings is 1. The summed E-state index contributed by atoms with van der Waals surface area (Å²) >= 11 is 0. The molecule has 0 heterocycles. The first kappa shape index (κ1) is 9.45. The second-order valence-electron chi connectivity index (χ2n) is 5.63. The summed E-state index contributed by atoms with van der Waals surface area (Å²) in [6.45, 7) is 2.28. The van der Waals surface area contributed by atoms with E-state index in [-0.39, 0.29) is 0 Å². The van der Waals surface area contributed by atoms with Gasteiger partial charge in [-0.2, -0.15) is 0 Å². The van der Waals surface area contributed by atoms with Crippen LogP contribution in [0.2, 0.25) is 0 Å². The van der Waals surface area contributed by atoms with E-state index in [1.165, 1.54) is 50.5 Å². The molecular formula is C15H20. The SMILES string of the molecule is Cc1cccc2c1CC1(CCCCC1)C2. The molecule has 0 aromatic heterocycles. The van der Waals surface area contributed by atoms with Crippen LogP contribution >= 0.6 is 0 Å². The van der Waals surface area contributed by atoms with Crippen LogP contribution in [-0.2, 0) is 12.8 Å². The Morgan fingerprint density at radius 1 is 1.00 bits per heavy atom. The summed E-state index contributed by atoms with van der Waals surface area (Å²) in [5.41, 5.74) is 5.53. The van der Waals surface area contributed by atoms with Gasteiger partial charge < -0.3 is 0 Å². The minimum atomic E-state index is 0.673. The van der Waals surface area contributed by atoms with Crippen LogP contribution in [-0.4, -0.2) is 0 Å². The van der Waals surface area contributed by atoms with Crippen LogP contribution in [0.15, 0.2) is 18.2 Å². The lowest BCUT2D eigenvalue weighted by Gasteiger charge is -2.33. The molecule has 0 bridgehead atoms. The minimum Gasteiger partial charge on any atom is -0.0617 e. The average molecular weight is 200 g/mol. The van der Waals surface area contributed by atoms with Crippen molar-refractivity contribution in [2.24, 2.45) is 5.41 Å². The molecule has 0 heteroatoms. The molecule has 1 spiro atoms. The van der Waals surface area contributed by atoms with Gasteiger partial charge in [-0.15, -0.1) is 0 Å². The van der Waals surface area contributed by atoms with Crippen molar-refractivity contribution in [2.75, 3.05) is 0 Å². The summed E-state index contributed by atoms with van der Waals surface area (Å²) in [6, 6.07) is 6.86. The van der Waals surface area contributed by atoms with E-state index in [9.17, 15) is 0 Å². The highest BCUT2D eigenvalue weighted by Gasteiger charge is 2.38. The van der Waals surface area contributed by atoms with Crippen molar-refractivity contribution >= 4 is 0 Å². The van der Waals surface area contributed by atoms with Crippen molar-refractivity contribution in [1.29, 1.82) is 0 Å². The summed E-state index contributed by atoms with van der Waals surface area (Å²) < 4.78 is 0. The molecule has 3 rings (SSSR count). The molecule has 0 saturated heterocycles. The summed E-state index contributed by atoms with van der Waals surface area (Å²) in [5.74, 6) is 0. The molecule has 80 valence electrons. The first-order chi connectivity index (χ1) is 7.29. The fourth-order valence-electron chi connectivity index (χ4n) is 3.68. The highest BCUT2D eigenvalue weighted by atomic mass is 14.4. The van der Waals surface area contributed by atoms with Gasteiger partial charge in [0.15, 0.2) is 0 Å². The number of hydrogen-bond acceptors (Lipinski definition) is 0. The van der Waals surface area contributed by atoms with E-state index in [0.717, 1.165) is 0 Å². The molecule has 1 aromatic carbocycles. The first-order valence-electron chi connectivity index (χ1n) is 6.37. The molecule has 0 aliphatic heterocycles. The van der Waals surface area contributed by atoms with Gasteiger partial charge in [0.2, 0.25) is 0 Å². The van der Waals surface area contributed by atoms with Crippen LogP contribution in [0.4, 0.5) is 0 Å². The smallest absolute Gasteiger partial charge is 0.0213 e. The summed E-state index contributed by atoms with van der Waals surface area (Å²) in [5, 5.41) is 0. The van der Waals surface area contributed by atoms with Crippen LogP contribution in [0.3, 0.4) is 0 Å². The average Bonchev–Trinajstić information content (AvgIpc) is 2.59. The number of fused-ring (bicyclic) bond motifs is 1. The minimum absolute atomic E-state index is 0.673. The van der Waals surface area contributed by atoms with Crippen LogP contribution in [0.5, 0.6) is 0 Å². The molecule has 1 fully saturated rings. The molecule has 2 aliphatic carbocycles. The van der Waals surface area contributed by atoms with Gasteiger partial charge >= 0.3 is 0 Å². The zero-order valence-electron chi connectivity index (χ0n) is 9.68. The Labute approximate surface area is 92.7 Å². The number of hydrogen-bond donors (Lipinski definition) is 0. The van der Waals surface area contributed by atoms with Crippen molar-refractivity contribution in [3.63, 3.8) is 0 Å². The fourth-order valence-corrected chi connectivity index (χ4v) is 3.68. The Morgan fingerprint density at radius 3 is 2.53 bits per heavy atom. The summed E-state index contributed by atoms with van der Waals surface area (Å²) in [6.07, 6.45) is 10.1. The second-order valence-corrected chi connectivity index (χ2v) is 5.63. The molecule has 0 nitrogen and oxygen atoms in total. The third-order valence-electron chi connectivity index (χ3n) is 4.54. The Bertz CT molecular complexity index is 370. The Balaban J connectivity index is 1.94. The van der Waals surface area contributed by atoms with E-state index in [1.807, 2.05) is 0 Å². The van der Waals surface area contributed by atoms with Gasteiger partial charge in [-0.1, -0.05) is 37.5 Å². The van der Waals surface area contributed by atoms with Gasteiger partial charge in [-0.25, -0.2) is 0 Å². The van der Waals surface area contributed by atoms with Crippen molar-refractivity contribution in [3.8, 4) is 0 Å². The van der Waals surface area contributed by atoms with Gasteiger partial charge in [-0.3, -0.25) is 0 Å². The topological polar surface area (TPSA) is 0 Å². The zero-order chi connectivity index (χ0) is 10.3. The molecular weight excluding hydrogens is 180 g/mol. The maximum absolute atomic E-state index is 2.35. The summed E-state index contributed by atoms with van der Waals surface area (Å²) in [4.78, 5) is 0. The largest absolute Gasteiger partial charge is 0.0617 e. The lowest BCUT2D eigenvalue weighted by Crippen LogP contribution is -2.24. The number of rotatable bonds is 0. The van der Waals surface area contributed by atoms with E-state index in [4.69, 9.17) is 0 Å². The van der Waals surface area contributed by atoms with E-state index in [1.54, 1.807) is 11.1 Å². The fraction of sp³-hybridized carbons (Fsp3) is 0.600. The van der Waals surface area contributed by atoms with Crippen LogP contribution < -0.4 is 0 Å². The van der Waals surface area contributed by atoms with E-state index < -0.39 is 0 Å². The molecule has 0 radical (unpaired) electrons. The molecule has 15 heavy (non-hydrogen) atoms. The molecule has 1 saturated carbocycles. The van der Waals surface area contributed by atoms with E-state index in [2.05, 4.69) is 25.1 Å². The van der Waals surface area contributed by atoms with Gasteiger partial charge in [0, 0.05) is 0 Å². The third-order valence-corrected chi connectivity index (χ3v) is 4.54. The van der Waals surface area contributed by atoms with Crippen molar-refractivity contribution in [3.05, 3.63) is 34.9 Å². The van der Waals surface area contributed by atoms with Crippen LogP contribution in [0.25, 0.3) is 0 Å². The molecule has 0 N–H and O–H groups in total. The number of aryl methyl sites for hydroxylation is 1. The standard InChI is InChI=1S/C15H20/c1-12-6-5-7-13-10-15(11-14(12)13)8-3-2-4-9-15/h5-7H,2-4,8-11H2,1H3. The van der Waals surface area contributed by atoms with Gasteiger partial charge in [0.05, 0.1) is 0 Å². The quantitative estimate of drug-likeness (QED) is 0.593. The van der Waals surface area contributed by atoms with Gasteiger partial charge in [-0.05, 0) is 54.7 Å². The Hall–Kier alpha value is -0.780. The van der Waals surface area contributed by atoms with Crippen molar-refractivity contribution in [2.45, 2.75) is 51.9 Å². The molecule has 0 amide bonds. The maximum atomic E-state index is 2.35. The highest BCUT2D eigenvalue weighted by molar-refractivity contribution is 5.40. The predicted molar refractivity (Wildman–Crippen MR) is 64.1 cm³/mol. The van der Waals surface area contributed by atoms with Crippen LogP contribution in [0, 0.1) is 12.3 Å². The Morgan fingerprint density at radius 2 is 1.80 bits per heavy atom. The van der Waals surface area contributed by atoms with E-state index >= 15 is 0 Å². The summed E-state index contributed by atoms with van der Waals surface area (Å²) in [7, 11) is 0. The predicted octanol–water partition coefficient (Wildman–Crippen LogP) is 4.04. The molecule has 0 unspecified atom stereocenters. The van der Waals surface area contributed by atoms with Gasteiger partial charge in [0.1, 0.15) is 0 Å². The van der Waals surface area contributed by atoms with Crippen LogP contribution in [0.1, 0.15) is 48.8 Å². The lowest BCUT2D eigenvalue weighted by atomic mass is 9.72. The Kier molecular flexibility index (Phi) is 2.12. The zero-order valence-corrected chi connectivity index (χ0v) is 9.68. The molecule has 2 aliphatic rings. The van der Waals surface area contributed by atoms with Crippen molar-refractivity contribution < 1.29 is 0 Å². The third kappa shape index (κ3) is 1.51. The monoisotopic (exact) mass is 200 g/mol. The lowest BCUT2D eigenvalue weighted by molar-refractivity contribution is 0.202. The van der Waals surface area contributed by atoms with E-state index in [0.29, 0.717) is 5.41 Å². The highest BCUT2D eigenvalue weighted by Crippen LogP contribution is 2.47.